The lowest BCUT2D eigenvalue weighted by molar-refractivity contribution is -0.158. The van der Waals surface area contributed by atoms with Crippen LogP contribution in [0.5, 0.6) is 0 Å². The second kappa shape index (κ2) is 6.74. The molecule has 110 valence electrons. The fourth-order valence-corrected chi connectivity index (χ4v) is 3.50. The Morgan fingerprint density at radius 1 is 1.05 bits per heavy atom. The molecule has 0 radical (unpaired) electrons. The molecule has 0 aromatic rings. The first-order valence-electron chi connectivity index (χ1n) is 8.00. The molecule has 3 unspecified atom stereocenters. The van der Waals surface area contributed by atoms with Gasteiger partial charge in [0.05, 0.1) is 5.92 Å². The van der Waals surface area contributed by atoms with Crippen LogP contribution >= 0.6 is 0 Å². The molecule has 0 aromatic carbocycles. The van der Waals surface area contributed by atoms with E-state index in [9.17, 15) is 4.79 Å². The van der Waals surface area contributed by atoms with Crippen LogP contribution in [0.4, 0.5) is 0 Å². The molecule has 0 saturated heterocycles. The van der Waals surface area contributed by atoms with Crippen LogP contribution in [0.2, 0.25) is 0 Å². The van der Waals surface area contributed by atoms with Crippen LogP contribution < -0.4 is 5.73 Å². The molecular weight excluding hydrogens is 238 g/mol. The Bertz CT molecular complexity index is 297. The number of nitrogens with two attached hydrogens (primary N) is 1. The smallest absolute Gasteiger partial charge is 0.309 e. The van der Waals surface area contributed by atoms with Gasteiger partial charge >= 0.3 is 5.97 Å². The molecule has 2 rings (SSSR count). The molecule has 19 heavy (non-hydrogen) atoms. The summed E-state index contributed by atoms with van der Waals surface area (Å²) in [4.78, 5) is 12.2. The summed E-state index contributed by atoms with van der Waals surface area (Å²) in [6.45, 7) is 5.34. The van der Waals surface area contributed by atoms with E-state index in [1.165, 1.54) is 6.42 Å². The van der Waals surface area contributed by atoms with Gasteiger partial charge in [-0.2, -0.15) is 0 Å². The number of hydrogen-bond donors (Lipinski definition) is 1. The molecule has 0 spiro atoms. The molecule has 2 aliphatic carbocycles. The highest BCUT2D eigenvalue weighted by atomic mass is 16.5. The lowest BCUT2D eigenvalue weighted by atomic mass is 9.80. The number of carbonyl (C=O) groups excluding carboxylic acids is 1. The van der Waals surface area contributed by atoms with Crippen LogP contribution in [0.3, 0.4) is 0 Å². The molecule has 2 saturated carbocycles. The van der Waals surface area contributed by atoms with Crippen LogP contribution in [0.15, 0.2) is 0 Å². The van der Waals surface area contributed by atoms with E-state index >= 15 is 0 Å². The molecule has 0 amide bonds. The van der Waals surface area contributed by atoms with Crippen molar-refractivity contribution < 1.29 is 9.53 Å². The third kappa shape index (κ3) is 3.95. The maximum atomic E-state index is 12.2. The van der Waals surface area contributed by atoms with Gasteiger partial charge < -0.3 is 10.5 Å². The molecule has 0 heterocycles. The zero-order valence-electron chi connectivity index (χ0n) is 12.4. The third-order valence-corrected chi connectivity index (χ3v) is 5.35. The van der Waals surface area contributed by atoms with E-state index < -0.39 is 0 Å². The van der Waals surface area contributed by atoms with Crippen LogP contribution in [-0.2, 0) is 9.53 Å². The van der Waals surface area contributed by atoms with Crippen molar-refractivity contribution >= 4 is 5.97 Å². The van der Waals surface area contributed by atoms with Crippen LogP contribution in [0.1, 0.15) is 58.8 Å². The summed E-state index contributed by atoms with van der Waals surface area (Å²) in [7, 11) is 0. The molecule has 2 fully saturated rings. The quantitative estimate of drug-likeness (QED) is 0.799. The summed E-state index contributed by atoms with van der Waals surface area (Å²) >= 11 is 0. The highest BCUT2D eigenvalue weighted by molar-refractivity contribution is 5.72. The van der Waals surface area contributed by atoms with Crippen molar-refractivity contribution in [1.82, 2.24) is 0 Å². The molecule has 2 N–H and O–H groups in total. The summed E-state index contributed by atoms with van der Waals surface area (Å²) in [5.74, 6) is 2.27. The summed E-state index contributed by atoms with van der Waals surface area (Å²) in [5.41, 5.74) is 5.69. The fourth-order valence-electron chi connectivity index (χ4n) is 3.50. The lowest BCUT2D eigenvalue weighted by Crippen LogP contribution is -2.33. The van der Waals surface area contributed by atoms with E-state index in [2.05, 4.69) is 13.8 Å². The molecule has 3 nitrogen and oxygen atoms in total. The van der Waals surface area contributed by atoms with E-state index in [-0.39, 0.29) is 18.0 Å². The van der Waals surface area contributed by atoms with Crippen molar-refractivity contribution in [3.63, 3.8) is 0 Å². The molecule has 0 bridgehead atoms. The Morgan fingerprint density at radius 2 is 1.74 bits per heavy atom. The molecule has 3 heteroatoms. The van der Waals surface area contributed by atoms with Gasteiger partial charge in [-0.25, -0.2) is 0 Å². The summed E-state index contributed by atoms with van der Waals surface area (Å²) in [6.07, 6.45) is 7.59. The van der Waals surface area contributed by atoms with E-state index in [0.29, 0.717) is 11.8 Å². The molecule has 3 atom stereocenters. The first-order valence-corrected chi connectivity index (χ1v) is 8.00. The van der Waals surface area contributed by atoms with Crippen molar-refractivity contribution in [2.45, 2.75) is 64.9 Å². The second-order valence-electron chi connectivity index (χ2n) is 6.78. The monoisotopic (exact) mass is 267 g/mol. The van der Waals surface area contributed by atoms with Gasteiger partial charge in [-0.1, -0.05) is 13.8 Å². The average molecular weight is 267 g/mol. The largest absolute Gasteiger partial charge is 0.462 e. The highest BCUT2D eigenvalue weighted by Crippen LogP contribution is 2.33. The topological polar surface area (TPSA) is 52.3 Å². The molecule has 2 aliphatic rings. The predicted molar refractivity (Wildman–Crippen MR) is 76.6 cm³/mol. The van der Waals surface area contributed by atoms with E-state index in [1.54, 1.807) is 0 Å². The number of carbonyl (C=O) groups is 1. The van der Waals surface area contributed by atoms with Crippen molar-refractivity contribution in [3.8, 4) is 0 Å². The van der Waals surface area contributed by atoms with Crippen LogP contribution in [0.25, 0.3) is 0 Å². The number of esters is 1. The fraction of sp³-hybridized carbons (Fsp3) is 0.938. The molecular formula is C16H29NO2. The Kier molecular flexibility index (Phi) is 5.26. The average Bonchev–Trinajstić information content (AvgIpc) is 2.43. The normalized spacial score (nSPS) is 39.8. The maximum Gasteiger partial charge on any atom is 0.309 e. The Labute approximate surface area is 117 Å². The summed E-state index contributed by atoms with van der Waals surface area (Å²) in [6, 6.07) is 0. The van der Waals surface area contributed by atoms with E-state index in [4.69, 9.17) is 10.5 Å². The van der Waals surface area contributed by atoms with Gasteiger partial charge in [0, 0.05) is 0 Å². The predicted octanol–water partition coefficient (Wildman–Crippen LogP) is 3.12. The summed E-state index contributed by atoms with van der Waals surface area (Å²) in [5, 5.41) is 0. The zero-order valence-corrected chi connectivity index (χ0v) is 12.4. The van der Waals surface area contributed by atoms with Crippen molar-refractivity contribution in [2.75, 3.05) is 6.54 Å². The summed E-state index contributed by atoms with van der Waals surface area (Å²) < 4.78 is 5.75. The Morgan fingerprint density at radius 3 is 2.32 bits per heavy atom. The third-order valence-electron chi connectivity index (χ3n) is 5.35. The van der Waals surface area contributed by atoms with E-state index in [0.717, 1.165) is 51.0 Å². The van der Waals surface area contributed by atoms with Gasteiger partial charge in [-0.05, 0) is 69.2 Å². The van der Waals surface area contributed by atoms with E-state index in [1.807, 2.05) is 0 Å². The van der Waals surface area contributed by atoms with Crippen molar-refractivity contribution in [2.24, 2.45) is 29.4 Å². The minimum atomic E-state index is 0.0576. The van der Waals surface area contributed by atoms with Gasteiger partial charge in [0.2, 0.25) is 0 Å². The van der Waals surface area contributed by atoms with Gasteiger partial charge in [0.1, 0.15) is 6.10 Å². The zero-order chi connectivity index (χ0) is 13.8. The first-order chi connectivity index (χ1) is 9.10. The maximum absolute atomic E-state index is 12.2. The van der Waals surface area contributed by atoms with Gasteiger partial charge in [-0.15, -0.1) is 0 Å². The van der Waals surface area contributed by atoms with Gasteiger partial charge in [0.25, 0.3) is 0 Å². The Hall–Kier alpha value is -0.570. The minimum Gasteiger partial charge on any atom is -0.462 e. The van der Waals surface area contributed by atoms with Crippen LogP contribution in [0, 0.1) is 23.7 Å². The molecule has 0 aromatic heterocycles. The second-order valence-corrected chi connectivity index (χ2v) is 6.78. The SMILES string of the molecule is CC1CCC(OC(=O)C2CCC(CN)CC2)CC1C. The number of hydrogen-bond acceptors (Lipinski definition) is 3. The number of rotatable bonds is 3. The van der Waals surface area contributed by atoms with Crippen molar-refractivity contribution in [1.29, 1.82) is 0 Å². The lowest BCUT2D eigenvalue weighted by Gasteiger charge is -2.33. The van der Waals surface area contributed by atoms with Gasteiger partial charge in [0.15, 0.2) is 0 Å². The van der Waals surface area contributed by atoms with Crippen LogP contribution in [-0.4, -0.2) is 18.6 Å². The Balaban J connectivity index is 1.75. The minimum absolute atomic E-state index is 0.0576. The standard InChI is InChI=1S/C16H29NO2/c1-11-3-8-15(9-12(11)2)19-16(18)14-6-4-13(10-17)5-7-14/h11-15H,3-10,17H2,1-2H3. The first kappa shape index (κ1) is 14.8. The highest BCUT2D eigenvalue weighted by Gasteiger charge is 2.31. The number of ether oxygens (including phenoxy) is 1. The molecule has 0 aliphatic heterocycles. The van der Waals surface area contributed by atoms with Gasteiger partial charge in [-0.3, -0.25) is 4.79 Å². The van der Waals surface area contributed by atoms with Crippen molar-refractivity contribution in [3.05, 3.63) is 0 Å².